The van der Waals surface area contributed by atoms with Gasteiger partial charge in [-0.15, -0.1) is 0 Å². The molecule has 0 aliphatic carbocycles. The number of ether oxygens (including phenoxy) is 1. The molecule has 0 bridgehead atoms. The van der Waals surface area contributed by atoms with Crippen LogP contribution in [0.2, 0.25) is 0 Å². The SMILES string of the molecule is [2H]c1c([2H])c([2H])c(-c2cc(-n3c4ccccc4c4ccccc43)cc(-c3c([2H])c([2H])c([2H])c([2H])c3[2H])c2-n2[c](=[Pt])n(-c3cccc(Oc4cc5c(cc4[N+]#[C-])c4ccccc4n5-c4cc(C(C)(C)C)ccn4)c3)c3ccccc32)c([2H])c1[2H]. The topological polar surface area (TPSA) is 46.2 Å². The molecule has 0 saturated carbocycles. The van der Waals surface area contributed by atoms with Crippen LogP contribution in [0.3, 0.4) is 0 Å². The summed E-state index contributed by atoms with van der Waals surface area (Å²) < 4.78 is 107. The van der Waals surface area contributed by atoms with Crippen molar-refractivity contribution in [2.24, 2.45) is 0 Å². The summed E-state index contributed by atoms with van der Waals surface area (Å²) in [4.78, 5) is 8.81. The summed E-state index contributed by atoms with van der Waals surface area (Å²) in [5.41, 5.74) is 6.91. The van der Waals surface area contributed by atoms with Crippen molar-refractivity contribution in [3.05, 3.63) is 245 Å². The van der Waals surface area contributed by atoms with Crippen molar-refractivity contribution in [3.63, 3.8) is 0 Å². The summed E-state index contributed by atoms with van der Waals surface area (Å²) in [6.45, 7) is 14.9. The van der Waals surface area contributed by atoms with Gasteiger partial charge in [-0.2, -0.15) is 0 Å². The first-order valence-electron chi connectivity index (χ1n) is 28.6. The van der Waals surface area contributed by atoms with Gasteiger partial charge >= 0.3 is 393 Å². The Morgan fingerprint density at radius 2 is 1.07 bits per heavy atom. The third-order valence-electron chi connectivity index (χ3n) is 13.4. The van der Waals surface area contributed by atoms with Crippen molar-refractivity contribution in [2.75, 3.05) is 0 Å². The van der Waals surface area contributed by atoms with Gasteiger partial charge in [-0.25, -0.2) is 0 Å². The molecule has 13 rings (SSSR count). The molecule has 0 saturated heterocycles. The van der Waals surface area contributed by atoms with E-state index in [1.54, 1.807) is 18.2 Å². The normalized spacial score (nSPS) is 13.8. The van der Waals surface area contributed by atoms with E-state index in [1.165, 1.54) is 0 Å². The molecule has 13 aromatic rings. The van der Waals surface area contributed by atoms with E-state index in [2.05, 4.69) is 55.6 Å². The van der Waals surface area contributed by atoms with E-state index in [0.717, 1.165) is 55.0 Å². The molecule has 4 heterocycles. The minimum atomic E-state index is -0.593. The molecule has 0 atom stereocenters. The van der Waals surface area contributed by atoms with E-state index >= 15 is 0 Å². The van der Waals surface area contributed by atoms with Gasteiger partial charge in [0, 0.05) is 6.20 Å². The molecule has 8 heteroatoms. The van der Waals surface area contributed by atoms with Crippen LogP contribution in [-0.4, -0.2) is 23.3 Å². The summed E-state index contributed by atoms with van der Waals surface area (Å²) >= 11 is 2.18. The predicted molar refractivity (Wildman–Crippen MR) is 295 cm³/mol. The van der Waals surface area contributed by atoms with Crippen molar-refractivity contribution in [1.82, 2.24) is 23.3 Å². The van der Waals surface area contributed by atoms with Crippen molar-refractivity contribution in [1.29, 1.82) is 0 Å². The molecule has 0 radical (unpaired) electrons. The summed E-state index contributed by atoms with van der Waals surface area (Å²) in [6, 6.07) is 44.4. The third kappa shape index (κ3) is 7.37. The molecule has 0 amide bonds. The van der Waals surface area contributed by atoms with E-state index in [0.29, 0.717) is 43.4 Å². The molecule has 0 fully saturated rings. The van der Waals surface area contributed by atoms with Gasteiger partial charge in [0.15, 0.2) is 0 Å². The minimum absolute atomic E-state index is 0.131. The fourth-order valence-corrected chi connectivity index (χ4v) is 11.2. The molecule has 7 nitrogen and oxygen atoms in total. The second-order valence-electron chi connectivity index (χ2n) is 18.7. The Morgan fingerprint density at radius 1 is 0.521 bits per heavy atom. The summed E-state index contributed by atoms with van der Waals surface area (Å²) in [6.07, 6.45) is 1.82. The van der Waals surface area contributed by atoms with Crippen molar-refractivity contribution < 1.29 is 37.8 Å². The zero-order valence-electron chi connectivity index (χ0n) is 49.5. The maximum absolute atomic E-state index is 9.56. The van der Waals surface area contributed by atoms with Crippen LogP contribution >= 0.6 is 0 Å². The van der Waals surface area contributed by atoms with E-state index in [9.17, 15) is 5.48 Å². The number of aromatic nitrogens is 5. The summed E-state index contributed by atoms with van der Waals surface area (Å²) in [5.74, 6) is 1.44. The van der Waals surface area contributed by atoms with E-state index in [1.807, 2.05) is 153 Å². The number of benzene rings is 9. The Bertz CT molecular complexity index is 4860. The molecule has 352 valence electrons. The zero-order chi connectivity index (χ0) is 58.1. The fraction of sp³-hybridized carbons (Fsp3) is 0.0615. The average molecular weight is 1130 g/mol. The number of rotatable bonds is 8. The van der Waals surface area contributed by atoms with Crippen LogP contribution in [0.4, 0.5) is 5.69 Å². The maximum atomic E-state index is 9.56. The van der Waals surface area contributed by atoms with Crippen molar-refractivity contribution in [3.8, 4) is 56.6 Å². The Kier molecular flexibility index (Phi) is 8.26. The molecule has 4 aromatic heterocycles. The summed E-state index contributed by atoms with van der Waals surface area (Å²) in [5, 5.41) is 3.64. The van der Waals surface area contributed by atoms with Crippen LogP contribution in [0.15, 0.2) is 224 Å². The van der Waals surface area contributed by atoms with Crippen LogP contribution in [0.5, 0.6) is 11.5 Å². The Morgan fingerprint density at radius 3 is 1.66 bits per heavy atom. The number of pyridine rings is 1. The number of nitrogens with zero attached hydrogens (tertiary/aromatic N) is 6. The molecule has 0 aliphatic heterocycles. The molecule has 0 N–H and O–H groups in total. The quantitative estimate of drug-likeness (QED) is 0.142. The second kappa shape index (κ2) is 17.5. The van der Waals surface area contributed by atoms with Crippen LogP contribution in [0.1, 0.15) is 40.0 Å². The van der Waals surface area contributed by atoms with Gasteiger partial charge in [0.1, 0.15) is 0 Å². The molecular formula is C65H46N6OPt. The molecule has 0 spiro atoms. The standard InChI is InChI=1S/C65H46N6O.Pt/c1-65(2,3)45-34-35-67-63(36-45)71-58-31-16-13-28-51(58)54-40-55(66-4)62(41-61(54)71)72-48-25-19-24-46(37-48)68-42-69(60-33-18-17-32-59(60)68)64-52(43-20-7-5-8-21-43)38-47(39-53(64)44-22-9-6-10-23-44)70-56-29-14-11-26-49(56)50-27-12-15-30-57(50)70;/h5-41H,1-3H3;/i5D,6D,7D,8D,9D,10D,20D,21D,22D,23D;. The number of para-hydroxylation sites is 5. The second-order valence-corrected chi connectivity index (χ2v) is 19.7. The van der Waals surface area contributed by atoms with E-state index in [4.69, 9.17) is 24.5 Å². The average Bonchev–Trinajstić information content (AvgIpc) is 2.74. The van der Waals surface area contributed by atoms with Crippen LogP contribution < -0.4 is 4.74 Å². The fourth-order valence-electron chi connectivity index (χ4n) is 10.1. The summed E-state index contributed by atoms with van der Waals surface area (Å²) in [7, 11) is 0. The first kappa shape index (κ1) is 34.5. The number of hydrogen-bond acceptors (Lipinski definition) is 2. The molecule has 0 aliphatic rings. The molecule has 73 heavy (non-hydrogen) atoms. The van der Waals surface area contributed by atoms with E-state index in [-0.39, 0.29) is 33.4 Å². The third-order valence-corrected chi connectivity index (χ3v) is 14.4. The van der Waals surface area contributed by atoms with Crippen LogP contribution in [-0.2, 0) is 24.8 Å². The van der Waals surface area contributed by atoms with Gasteiger partial charge in [0.25, 0.3) is 0 Å². The molecular weight excluding hydrogens is 1080 g/mol. The molecule has 9 aromatic carbocycles. The monoisotopic (exact) mass is 1130 g/mol. The molecule has 0 unspecified atom stereocenters. The zero-order valence-corrected chi connectivity index (χ0v) is 41.8. The van der Waals surface area contributed by atoms with Crippen LogP contribution in [0, 0.1) is 10.4 Å². The van der Waals surface area contributed by atoms with Gasteiger partial charge in [-0.3, -0.25) is 0 Å². The van der Waals surface area contributed by atoms with Gasteiger partial charge in [-0.05, 0) is 17.0 Å². The number of fused-ring (bicyclic) bond motifs is 7. The van der Waals surface area contributed by atoms with Gasteiger partial charge in [0.2, 0.25) is 0 Å². The Hall–Kier alpha value is -8.82. The number of hydrogen-bond donors (Lipinski definition) is 0. The predicted octanol–water partition coefficient (Wildman–Crippen LogP) is 17.1. The Labute approximate surface area is 447 Å². The van der Waals surface area contributed by atoms with Crippen molar-refractivity contribution >= 4 is 60.3 Å². The van der Waals surface area contributed by atoms with Crippen molar-refractivity contribution in [2.45, 2.75) is 26.2 Å². The van der Waals surface area contributed by atoms with Gasteiger partial charge in [-0.1, -0.05) is 32.9 Å². The first-order chi connectivity index (χ1) is 39.9. The van der Waals surface area contributed by atoms with Gasteiger partial charge < -0.3 is 0 Å². The van der Waals surface area contributed by atoms with E-state index < -0.39 is 60.4 Å². The first-order valence-corrected chi connectivity index (χ1v) is 24.7. The van der Waals surface area contributed by atoms with Crippen LogP contribution in [0.25, 0.3) is 105 Å². The Balaban J connectivity index is 1.08. The number of imidazole rings is 1. The van der Waals surface area contributed by atoms with Gasteiger partial charge in [0.05, 0.1) is 0 Å².